The molecule has 0 atom stereocenters. The maximum absolute atomic E-state index is 12.7. The minimum absolute atomic E-state index is 0.0672. The molecular weight excluding hydrogens is 283 g/mol. The second kappa shape index (κ2) is 7.75. The van der Waals surface area contributed by atoms with Gasteiger partial charge in [-0.15, -0.1) is 11.3 Å². The summed E-state index contributed by atoms with van der Waals surface area (Å²) < 4.78 is 23.3. The van der Waals surface area contributed by atoms with Gasteiger partial charge in [-0.3, -0.25) is 9.36 Å². The largest absolute Gasteiger partial charge is 0.357 e. The van der Waals surface area contributed by atoms with Crippen LogP contribution >= 0.6 is 18.9 Å². The summed E-state index contributed by atoms with van der Waals surface area (Å²) in [6.07, 6.45) is 1.81. The maximum Gasteiger partial charge on any atom is 0.357 e. The lowest BCUT2D eigenvalue weighted by Gasteiger charge is -2.19. The van der Waals surface area contributed by atoms with Crippen molar-refractivity contribution in [3.05, 3.63) is 27.7 Å². The Kier molecular flexibility index (Phi) is 6.66. The van der Waals surface area contributed by atoms with Crippen molar-refractivity contribution in [1.29, 1.82) is 0 Å². The van der Waals surface area contributed by atoms with Gasteiger partial charge in [0.25, 0.3) is 0 Å². The molecule has 0 amide bonds. The van der Waals surface area contributed by atoms with Crippen LogP contribution in [0.1, 0.15) is 32.1 Å². The van der Waals surface area contributed by atoms with E-state index in [0.29, 0.717) is 5.31 Å². The molecule has 0 saturated carbocycles. The molecule has 0 aliphatic heterocycles. The Balaban J connectivity index is 3.13. The number of thiophene rings is 1. The number of carbonyl (C=O) groups is 1. The van der Waals surface area contributed by atoms with Crippen LogP contribution in [0.5, 0.6) is 0 Å². The quantitative estimate of drug-likeness (QED) is 0.670. The molecule has 0 aromatic carbocycles. The van der Waals surface area contributed by atoms with Crippen molar-refractivity contribution in [2.24, 2.45) is 0 Å². The standard InChI is InChI=1S/C13H19O4PS/c1-4-16-18(15,17-5-2)12(9-11(3)14)10-13-7-6-8-19-13/h6-8,10H,4-5,9H2,1-3H3. The van der Waals surface area contributed by atoms with Crippen LogP contribution in [0.25, 0.3) is 6.08 Å². The molecule has 1 aromatic heterocycles. The van der Waals surface area contributed by atoms with Crippen LogP contribution in [-0.4, -0.2) is 19.0 Å². The van der Waals surface area contributed by atoms with Crippen molar-refractivity contribution in [1.82, 2.24) is 0 Å². The van der Waals surface area contributed by atoms with Gasteiger partial charge in [0, 0.05) is 11.3 Å². The molecule has 4 nitrogen and oxygen atoms in total. The fourth-order valence-corrected chi connectivity index (χ4v) is 4.13. The average Bonchev–Trinajstić information content (AvgIpc) is 2.81. The van der Waals surface area contributed by atoms with Crippen LogP contribution in [0, 0.1) is 0 Å². The summed E-state index contributed by atoms with van der Waals surface area (Å²) in [6.45, 7) is 5.52. The average molecular weight is 302 g/mol. The van der Waals surface area contributed by atoms with E-state index in [0.717, 1.165) is 4.88 Å². The minimum atomic E-state index is -3.38. The smallest absolute Gasteiger partial charge is 0.306 e. The van der Waals surface area contributed by atoms with Crippen LogP contribution in [0.15, 0.2) is 22.8 Å². The van der Waals surface area contributed by atoms with Crippen molar-refractivity contribution in [3.63, 3.8) is 0 Å². The van der Waals surface area contributed by atoms with Crippen LogP contribution < -0.4 is 0 Å². The molecule has 0 fully saturated rings. The molecule has 1 aromatic rings. The van der Waals surface area contributed by atoms with E-state index in [2.05, 4.69) is 0 Å². The van der Waals surface area contributed by atoms with Gasteiger partial charge in [-0.2, -0.15) is 0 Å². The zero-order valence-corrected chi connectivity index (χ0v) is 13.1. The Morgan fingerprint density at radius 3 is 2.42 bits per heavy atom. The van der Waals surface area contributed by atoms with E-state index in [1.165, 1.54) is 18.3 Å². The summed E-state index contributed by atoms with van der Waals surface area (Å²) >= 11 is 1.51. The first kappa shape index (κ1) is 16.3. The topological polar surface area (TPSA) is 52.6 Å². The summed E-state index contributed by atoms with van der Waals surface area (Å²) in [4.78, 5) is 12.3. The van der Waals surface area contributed by atoms with Crippen molar-refractivity contribution < 1.29 is 18.4 Å². The third kappa shape index (κ3) is 5.03. The highest BCUT2D eigenvalue weighted by molar-refractivity contribution is 7.58. The SMILES string of the molecule is CCOP(=O)(OCC)C(=Cc1cccs1)CC(C)=O. The third-order valence-corrected chi connectivity index (χ3v) is 5.24. The van der Waals surface area contributed by atoms with Gasteiger partial charge in [0.15, 0.2) is 0 Å². The van der Waals surface area contributed by atoms with E-state index in [-0.39, 0.29) is 25.4 Å². The first-order valence-corrected chi connectivity index (χ1v) is 8.57. The second-order valence-corrected chi connectivity index (χ2v) is 6.93. The van der Waals surface area contributed by atoms with E-state index in [1.54, 1.807) is 19.9 Å². The number of rotatable bonds is 8. The second-order valence-electron chi connectivity index (χ2n) is 3.86. The van der Waals surface area contributed by atoms with E-state index in [1.807, 2.05) is 17.5 Å². The molecule has 106 valence electrons. The van der Waals surface area contributed by atoms with Gasteiger partial charge in [0.2, 0.25) is 0 Å². The molecule has 0 unspecified atom stereocenters. The number of ketones is 1. The molecule has 0 saturated heterocycles. The molecule has 0 bridgehead atoms. The van der Waals surface area contributed by atoms with Crippen molar-refractivity contribution in [3.8, 4) is 0 Å². The number of hydrogen-bond acceptors (Lipinski definition) is 5. The fraction of sp³-hybridized carbons (Fsp3) is 0.462. The molecule has 0 radical (unpaired) electrons. The van der Waals surface area contributed by atoms with Crippen molar-refractivity contribution in [2.75, 3.05) is 13.2 Å². The molecule has 6 heteroatoms. The number of carbonyl (C=O) groups excluding carboxylic acids is 1. The fourth-order valence-electron chi connectivity index (χ4n) is 1.56. The molecule has 0 spiro atoms. The number of allylic oxidation sites excluding steroid dienone is 1. The number of Topliss-reactive ketones (excluding diaryl/α,β-unsaturated/α-hetero) is 1. The monoisotopic (exact) mass is 302 g/mol. The van der Waals surface area contributed by atoms with Crippen LogP contribution in [0.2, 0.25) is 0 Å². The Morgan fingerprint density at radius 2 is 2.00 bits per heavy atom. The van der Waals surface area contributed by atoms with Crippen LogP contribution in [-0.2, 0) is 18.4 Å². The Hall–Kier alpha value is -0.740. The highest BCUT2D eigenvalue weighted by atomic mass is 32.1. The lowest BCUT2D eigenvalue weighted by atomic mass is 10.3. The molecular formula is C13H19O4PS. The van der Waals surface area contributed by atoms with Gasteiger partial charge >= 0.3 is 7.60 Å². The maximum atomic E-state index is 12.7. The first-order valence-electron chi connectivity index (χ1n) is 6.15. The Morgan fingerprint density at radius 1 is 1.37 bits per heavy atom. The van der Waals surface area contributed by atoms with Gasteiger partial charge in [-0.05, 0) is 38.3 Å². The summed E-state index contributed by atoms with van der Waals surface area (Å²) in [5.41, 5.74) is 0. The van der Waals surface area contributed by atoms with Gasteiger partial charge in [0.05, 0.1) is 18.5 Å². The highest BCUT2D eigenvalue weighted by Gasteiger charge is 2.30. The van der Waals surface area contributed by atoms with E-state index in [9.17, 15) is 9.36 Å². The van der Waals surface area contributed by atoms with E-state index < -0.39 is 7.60 Å². The van der Waals surface area contributed by atoms with Gasteiger partial charge in [0.1, 0.15) is 5.78 Å². The Bertz CT molecular complexity index is 469. The lowest BCUT2D eigenvalue weighted by molar-refractivity contribution is -0.116. The summed E-state index contributed by atoms with van der Waals surface area (Å²) in [5.74, 6) is -0.0672. The summed E-state index contributed by atoms with van der Waals surface area (Å²) in [6, 6.07) is 3.79. The lowest BCUT2D eigenvalue weighted by Crippen LogP contribution is -2.02. The predicted molar refractivity (Wildman–Crippen MR) is 78.5 cm³/mol. The molecule has 0 N–H and O–H groups in total. The third-order valence-electron chi connectivity index (χ3n) is 2.23. The summed E-state index contributed by atoms with van der Waals surface area (Å²) in [5, 5.41) is 2.34. The van der Waals surface area contributed by atoms with Gasteiger partial charge < -0.3 is 9.05 Å². The van der Waals surface area contributed by atoms with Gasteiger partial charge in [-0.25, -0.2) is 0 Å². The normalized spacial score (nSPS) is 12.7. The van der Waals surface area contributed by atoms with Gasteiger partial charge in [-0.1, -0.05) is 6.07 Å². The molecule has 19 heavy (non-hydrogen) atoms. The van der Waals surface area contributed by atoms with Crippen LogP contribution in [0.4, 0.5) is 0 Å². The highest BCUT2D eigenvalue weighted by Crippen LogP contribution is 2.58. The zero-order chi connectivity index (χ0) is 14.3. The molecule has 1 rings (SSSR count). The summed E-state index contributed by atoms with van der Waals surface area (Å²) in [7, 11) is -3.38. The minimum Gasteiger partial charge on any atom is -0.306 e. The first-order chi connectivity index (χ1) is 9.01. The van der Waals surface area contributed by atoms with E-state index in [4.69, 9.17) is 9.05 Å². The number of hydrogen-bond donors (Lipinski definition) is 0. The van der Waals surface area contributed by atoms with Crippen molar-refractivity contribution in [2.45, 2.75) is 27.2 Å². The van der Waals surface area contributed by atoms with Crippen LogP contribution in [0.3, 0.4) is 0 Å². The molecule has 0 aliphatic rings. The predicted octanol–water partition coefficient (Wildman–Crippen LogP) is 4.33. The molecule has 1 heterocycles. The van der Waals surface area contributed by atoms with Crippen molar-refractivity contribution >= 4 is 30.8 Å². The Labute approximate surface area is 118 Å². The zero-order valence-electron chi connectivity index (χ0n) is 11.4. The molecule has 0 aliphatic carbocycles. The van der Waals surface area contributed by atoms with E-state index >= 15 is 0 Å².